The zero-order valence-corrected chi connectivity index (χ0v) is 15.3. The normalized spacial score (nSPS) is 28.2. The molecular formula is C21H26O6. The molecule has 1 aliphatic heterocycles. The molecular weight excluding hydrogens is 348 g/mol. The Labute approximate surface area is 159 Å². The van der Waals surface area contributed by atoms with Crippen molar-refractivity contribution in [1.29, 1.82) is 0 Å². The van der Waals surface area contributed by atoms with Gasteiger partial charge in [0.25, 0.3) is 0 Å². The molecule has 1 saturated heterocycles. The van der Waals surface area contributed by atoms with Crippen molar-refractivity contribution in [1.82, 2.24) is 0 Å². The van der Waals surface area contributed by atoms with E-state index >= 15 is 0 Å². The van der Waals surface area contributed by atoms with Crippen LogP contribution in [0.1, 0.15) is 11.1 Å². The smallest absolute Gasteiger partial charge is 0.186 e. The van der Waals surface area contributed by atoms with Crippen LogP contribution in [-0.2, 0) is 32.2 Å². The third kappa shape index (κ3) is 5.13. The first-order valence-corrected chi connectivity index (χ1v) is 9.01. The van der Waals surface area contributed by atoms with Gasteiger partial charge in [0.15, 0.2) is 6.29 Å². The Balaban J connectivity index is 1.73. The van der Waals surface area contributed by atoms with Crippen molar-refractivity contribution in [2.45, 2.75) is 43.9 Å². The van der Waals surface area contributed by atoms with E-state index in [1.807, 2.05) is 60.7 Å². The molecule has 6 nitrogen and oxygen atoms in total. The fourth-order valence-corrected chi connectivity index (χ4v) is 3.13. The molecule has 1 heterocycles. The Hall–Kier alpha value is -1.80. The number of benzene rings is 2. The Morgan fingerprint density at radius 1 is 0.852 bits per heavy atom. The summed E-state index contributed by atoms with van der Waals surface area (Å²) < 4.78 is 23.1. The maximum absolute atomic E-state index is 10.6. The second kappa shape index (κ2) is 9.94. The first-order valence-electron chi connectivity index (χ1n) is 9.01. The summed E-state index contributed by atoms with van der Waals surface area (Å²) in [7, 11) is 1.50. The van der Waals surface area contributed by atoms with Gasteiger partial charge in [-0.3, -0.25) is 0 Å². The largest absolute Gasteiger partial charge is 0.394 e. The first kappa shape index (κ1) is 19.9. The summed E-state index contributed by atoms with van der Waals surface area (Å²) >= 11 is 0. The van der Waals surface area contributed by atoms with Crippen LogP contribution in [0.15, 0.2) is 60.7 Å². The predicted octanol–water partition coefficient (Wildman–Crippen LogP) is 1.88. The number of aliphatic hydroxyl groups is 2. The predicted molar refractivity (Wildman–Crippen MR) is 98.8 cm³/mol. The molecule has 0 aliphatic carbocycles. The molecule has 2 aromatic rings. The number of methoxy groups -OCH3 is 1. The zero-order valence-electron chi connectivity index (χ0n) is 15.3. The number of hydrogen-bond donors (Lipinski definition) is 2. The van der Waals surface area contributed by atoms with E-state index in [2.05, 4.69) is 0 Å². The van der Waals surface area contributed by atoms with Gasteiger partial charge in [0.2, 0.25) is 0 Å². The van der Waals surface area contributed by atoms with Gasteiger partial charge in [0.05, 0.1) is 19.8 Å². The van der Waals surface area contributed by atoms with Crippen molar-refractivity contribution in [3.05, 3.63) is 71.8 Å². The highest BCUT2D eigenvalue weighted by Crippen LogP contribution is 2.28. The van der Waals surface area contributed by atoms with Crippen molar-refractivity contribution in [2.75, 3.05) is 13.7 Å². The van der Waals surface area contributed by atoms with E-state index in [1.54, 1.807) is 0 Å². The minimum atomic E-state index is -1.04. The average molecular weight is 374 g/mol. The molecule has 1 aliphatic rings. The molecule has 0 radical (unpaired) electrons. The highest BCUT2D eigenvalue weighted by Gasteiger charge is 2.46. The summed E-state index contributed by atoms with van der Waals surface area (Å²) in [5.74, 6) is 0. The molecule has 0 amide bonds. The van der Waals surface area contributed by atoms with Crippen LogP contribution in [0, 0.1) is 0 Å². The van der Waals surface area contributed by atoms with Crippen LogP contribution in [0.5, 0.6) is 0 Å². The number of ether oxygens (including phenoxy) is 4. The topological polar surface area (TPSA) is 77.4 Å². The van der Waals surface area contributed by atoms with Crippen LogP contribution in [0.4, 0.5) is 0 Å². The standard InChI is InChI=1S/C21H26O6/c1-24-21-20(26-14-16-10-6-3-7-11-16)19(18(23)17(12-22)27-21)25-13-15-8-4-2-5-9-15/h2-11,17-23H,12-14H2,1H3/t17-,18+,19-,20+,21-/m0/s1. The lowest BCUT2D eigenvalue weighted by Gasteiger charge is -2.43. The van der Waals surface area contributed by atoms with E-state index in [1.165, 1.54) is 7.11 Å². The average Bonchev–Trinajstić information content (AvgIpc) is 2.73. The van der Waals surface area contributed by atoms with E-state index < -0.39 is 30.7 Å². The molecule has 0 unspecified atom stereocenters. The third-order valence-electron chi connectivity index (χ3n) is 4.60. The van der Waals surface area contributed by atoms with Gasteiger partial charge in [-0.05, 0) is 11.1 Å². The number of hydrogen-bond acceptors (Lipinski definition) is 6. The van der Waals surface area contributed by atoms with Gasteiger partial charge in [-0.15, -0.1) is 0 Å². The van der Waals surface area contributed by atoms with Crippen molar-refractivity contribution in [3.8, 4) is 0 Å². The van der Waals surface area contributed by atoms with Crippen molar-refractivity contribution in [3.63, 3.8) is 0 Å². The van der Waals surface area contributed by atoms with Crippen LogP contribution < -0.4 is 0 Å². The van der Waals surface area contributed by atoms with Gasteiger partial charge in [-0.2, -0.15) is 0 Å². The maximum atomic E-state index is 10.6. The molecule has 2 aromatic carbocycles. The van der Waals surface area contributed by atoms with E-state index in [9.17, 15) is 10.2 Å². The van der Waals surface area contributed by atoms with E-state index in [0.717, 1.165) is 11.1 Å². The molecule has 5 atom stereocenters. The van der Waals surface area contributed by atoms with Crippen molar-refractivity contribution < 1.29 is 29.2 Å². The van der Waals surface area contributed by atoms with E-state index in [0.29, 0.717) is 13.2 Å². The molecule has 2 N–H and O–H groups in total. The van der Waals surface area contributed by atoms with Gasteiger partial charge >= 0.3 is 0 Å². The van der Waals surface area contributed by atoms with Gasteiger partial charge in [0, 0.05) is 7.11 Å². The summed E-state index contributed by atoms with van der Waals surface area (Å²) in [6, 6.07) is 19.4. The molecule has 0 aromatic heterocycles. The Morgan fingerprint density at radius 3 is 1.85 bits per heavy atom. The molecule has 1 fully saturated rings. The van der Waals surface area contributed by atoms with Gasteiger partial charge in [0.1, 0.15) is 24.4 Å². The number of rotatable bonds is 8. The van der Waals surface area contributed by atoms with Crippen LogP contribution in [0.25, 0.3) is 0 Å². The number of aliphatic hydroxyl groups excluding tert-OH is 2. The summed E-state index contributed by atoms with van der Waals surface area (Å²) in [6.07, 6.45) is -3.94. The molecule has 0 saturated carbocycles. The van der Waals surface area contributed by atoms with Crippen LogP contribution in [0.3, 0.4) is 0 Å². The van der Waals surface area contributed by atoms with Gasteiger partial charge < -0.3 is 29.2 Å². The van der Waals surface area contributed by atoms with E-state index in [-0.39, 0.29) is 6.61 Å². The highest BCUT2D eigenvalue weighted by atomic mass is 16.7. The zero-order chi connectivity index (χ0) is 19.1. The third-order valence-corrected chi connectivity index (χ3v) is 4.60. The maximum Gasteiger partial charge on any atom is 0.186 e. The summed E-state index contributed by atoms with van der Waals surface area (Å²) in [4.78, 5) is 0. The lowest BCUT2D eigenvalue weighted by atomic mass is 9.98. The van der Waals surface area contributed by atoms with Crippen molar-refractivity contribution in [2.24, 2.45) is 0 Å². The Kier molecular flexibility index (Phi) is 7.34. The van der Waals surface area contributed by atoms with Crippen LogP contribution in [-0.4, -0.2) is 54.6 Å². The minimum absolute atomic E-state index is 0.308. The summed E-state index contributed by atoms with van der Waals surface area (Å²) in [6.45, 7) is 0.302. The van der Waals surface area contributed by atoms with Crippen LogP contribution >= 0.6 is 0 Å². The van der Waals surface area contributed by atoms with E-state index in [4.69, 9.17) is 18.9 Å². The molecule has 27 heavy (non-hydrogen) atoms. The molecule has 3 rings (SSSR count). The molecule has 6 heteroatoms. The quantitative estimate of drug-likeness (QED) is 0.735. The fraction of sp³-hybridized carbons (Fsp3) is 0.429. The monoisotopic (exact) mass is 374 g/mol. The van der Waals surface area contributed by atoms with Crippen molar-refractivity contribution >= 4 is 0 Å². The summed E-state index contributed by atoms with van der Waals surface area (Å²) in [5.41, 5.74) is 1.97. The van der Waals surface area contributed by atoms with Gasteiger partial charge in [-0.25, -0.2) is 0 Å². The minimum Gasteiger partial charge on any atom is -0.394 e. The highest BCUT2D eigenvalue weighted by molar-refractivity contribution is 5.14. The fourth-order valence-electron chi connectivity index (χ4n) is 3.13. The molecule has 0 spiro atoms. The lowest BCUT2D eigenvalue weighted by Crippen LogP contribution is -2.60. The SMILES string of the molecule is CO[C@H]1O[C@@H](CO)[C@@H](O)[C@H](OCc2ccccc2)[C@H]1OCc1ccccc1. The molecule has 0 bridgehead atoms. The molecule has 146 valence electrons. The van der Waals surface area contributed by atoms with Crippen LogP contribution in [0.2, 0.25) is 0 Å². The lowest BCUT2D eigenvalue weighted by molar-refractivity contribution is -0.314. The second-order valence-corrected chi connectivity index (χ2v) is 6.47. The van der Waals surface area contributed by atoms with Gasteiger partial charge in [-0.1, -0.05) is 60.7 Å². The summed E-state index contributed by atoms with van der Waals surface area (Å²) in [5, 5.41) is 20.2. The first-order chi connectivity index (χ1) is 13.2. The second-order valence-electron chi connectivity index (χ2n) is 6.47. The Morgan fingerprint density at radius 2 is 1.37 bits per heavy atom. The Bertz CT molecular complexity index is 665.